The van der Waals surface area contributed by atoms with Gasteiger partial charge in [-0.2, -0.15) is 0 Å². The van der Waals surface area contributed by atoms with Crippen molar-refractivity contribution in [3.8, 4) is 16.2 Å². The molecule has 0 radical (unpaired) electrons. The molecule has 1 aliphatic carbocycles. The van der Waals surface area contributed by atoms with Crippen molar-refractivity contribution in [2.75, 3.05) is 13.6 Å². The molecule has 1 saturated carbocycles. The van der Waals surface area contributed by atoms with Crippen molar-refractivity contribution in [2.45, 2.75) is 51.6 Å². The van der Waals surface area contributed by atoms with E-state index in [0.29, 0.717) is 22.8 Å². The molecule has 2 aromatic rings. The van der Waals surface area contributed by atoms with Crippen LogP contribution in [0.5, 0.6) is 5.75 Å². The maximum atomic E-state index is 11.4. The molecule has 1 aliphatic rings. The molecular weight excluding hydrogens is 440 g/mol. The highest BCUT2D eigenvalue weighted by molar-refractivity contribution is 7.15. The van der Waals surface area contributed by atoms with Crippen molar-refractivity contribution in [3.63, 3.8) is 0 Å². The number of ether oxygens (including phenoxy) is 4. The first-order chi connectivity index (χ1) is 15.8. The largest absolute Gasteiger partial charge is 0.457 e. The van der Waals surface area contributed by atoms with Gasteiger partial charge in [0.05, 0.1) is 6.10 Å². The average molecular weight is 471 g/mol. The lowest BCUT2D eigenvalue weighted by molar-refractivity contribution is -0.157. The van der Waals surface area contributed by atoms with Crippen molar-refractivity contribution in [1.29, 1.82) is 0 Å². The van der Waals surface area contributed by atoms with Gasteiger partial charge in [-0.25, -0.2) is 9.59 Å². The summed E-state index contributed by atoms with van der Waals surface area (Å²) in [5.74, 6) is 0.273. The molecule has 0 saturated heterocycles. The zero-order valence-corrected chi connectivity index (χ0v) is 19.9. The SMILES string of the molecule is C=C(C)C(=O)OCOc1ccc(-c2ccc(C3CCC(OCOC(=O)C(=C)C)CC3)s2)cc1. The molecule has 7 heteroatoms. The molecule has 1 aromatic carbocycles. The fraction of sp³-hybridized carbons (Fsp3) is 0.385. The zero-order chi connectivity index (χ0) is 23.8. The highest BCUT2D eigenvalue weighted by Gasteiger charge is 2.24. The number of hydrogen-bond acceptors (Lipinski definition) is 7. The minimum absolute atomic E-state index is 0.0137. The lowest BCUT2D eigenvalue weighted by atomic mass is 9.86. The second-order valence-electron chi connectivity index (χ2n) is 8.17. The number of carbonyl (C=O) groups is 2. The van der Waals surface area contributed by atoms with Crippen LogP contribution in [-0.4, -0.2) is 31.6 Å². The summed E-state index contributed by atoms with van der Waals surface area (Å²) in [6, 6.07) is 12.1. The highest BCUT2D eigenvalue weighted by Crippen LogP contribution is 2.40. The van der Waals surface area contributed by atoms with Crippen LogP contribution in [0, 0.1) is 0 Å². The number of thiophene rings is 1. The molecule has 1 aromatic heterocycles. The molecule has 0 bridgehead atoms. The Kier molecular flexibility index (Phi) is 8.86. The Balaban J connectivity index is 1.45. The number of benzene rings is 1. The Morgan fingerprint density at radius 2 is 1.48 bits per heavy atom. The van der Waals surface area contributed by atoms with Crippen molar-refractivity contribution >= 4 is 23.3 Å². The van der Waals surface area contributed by atoms with Crippen molar-refractivity contribution in [2.24, 2.45) is 0 Å². The Labute approximate surface area is 198 Å². The van der Waals surface area contributed by atoms with Gasteiger partial charge in [0, 0.05) is 20.9 Å². The van der Waals surface area contributed by atoms with E-state index in [-0.39, 0.29) is 19.7 Å². The standard InChI is InChI=1S/C26H30O6S/c1-17(2)25(27)31-15-29-21-9-5-19(6-10-21)23-13-14-24(33-23)20-7-11-22(12-8-20)30-16-32-26(28)18(3)4/h5-6,9-10,13-14,20,22H,1,3,7-8,11-12,15-16H2,2,4H3. The summed E-state index contributed by atoms with van der Waals surface area (Å²) >= 11 is 1.81. The van der Waals surface area contributed by atoms with Crippen LogP contribution in [0.2, 0.25) is 0 Å². The van der Waals surface area contributed by atoms with Crippen molar-refractivity contribution in [3.05, 3.63) is 65.6 Å². The van der Waals surface area contributed by atoms with Gasteiger partial charge in [0.2, 0.25) is 6.79 Å². The second-order valence-corrected chi connectivity index (χ2v) is 9.29. The van der Waals surface area contributed by atoms with Gasteiger partial charge in [-0.1, -0.05) is 13.2 Å². The topological polar surface area (TPSA) is 71.1 Å². The Bertz CT molecular complexity index is 982. The van der Waals surface area contributed by atoms with Gasteiger partial charge in [-0.3, -0.25) is 0 Å². The maximum Gasteiger partial charge on any atom is 0.335 e. The van der Waals surface area contributed by atoms with Crippen LogP contribution < -0.4 is 4.74 Å². The van der Waals surface area contributed by atoms with Crippen LogP contribution in [-0.2, 0) is 23.8 Å². The van der Waals surface area contributed by atoms with Crippen LogP contribution in [0.1, 0.15) is 50.3 Å². The lowest BCUT2D eigenvalue weighted by Crippen LogP contribution is -2.22. The maximum absolute atomic E-state index is 11.4. The molecule has 1 fully saturated rings. The molecule has 0 aliphatic heterocycles. The van der Waals surface area contributed by atoms with Gasteiger partial charge in [-0.15, -0.1) is 11.3 Å². The predicted octanol–water partition coefficient (Wildman–Crippen LogP) is 5.99. The van der Waals surface area contributed by atoms with Crippen LogP contribution in [0.3, 0.4) is 0 Å². The fourth-order valence-electron chi connectivity index (χ4n) is 3.54. The lowest BCUT2D eigenvalue weighted by Gasteiger charge is -2.27. The first-order valence-corrected chi connectivity index (χ1v) is 11.7. The van der Waals surface area contributed by atoms with E-state index in [2.05, 4.69) is 25.3 Å². The number of hydrogen-bond donors (Lipinski definition) is 0. The molecule has 3 rings (SSSR count). The van der Waals surface area contributed by atoms with Crippen molar-refractivity contribution < 1.29 is 28.5 Å². The highest BCUT2D eigenvalue weighted by atomic mass is 32.1. The van der Waals surface area contributed by atoms with E-state index >= 15 is 0 Å². The summed E-state index contributed by atoms with van der Waals surface area (Å²) in [6.07, 6.45) is 4.12. The van der Waals surface area contributed by atoms with Crippen LogP contribution in [0.25, 0.3) is 10.4 Å². The van der Waals surface area contributed by atoms with Crippen molar-refractivity contribution in [1.82, 2.24) is 0 Å². The smallest absolute Gasteiger partial charge is 0.335 e. The van der Waals surface area contributed by atoms with Crippen LogP contribution >= 0.6 is 11.3 Å². The average Bonchev–Trinajstić information content (AvgIpc) is 3.30. The van der Waals surface area contributed by atoms with Gasteiger partial charge in [0.1, 0.15) is 5.75 Å². The zero-order valence-electron chi connectivity index (χ0n) is 19.1. The Morgan fingerprint density at radius 3 is 2.09 bits per heavy atom. The molecule has 0 atom stereocenters. The number of carbonyl (C=O) groups excluding carboxylic acids is 2. The fourth-order valence-corrected chi connectivity index (χ4v) is 4.72. The first-order valence-electron chi connectivity index (χ1n) is 10.9. The third-order valence-electron chi connectivity index (χ3n) is 5.45. The third-order valence-corrected chi connectivity index (χ3v) is 6.75. The molecule has 0 spiro atoms. The summed E-state index contributed by atoms with van der Waals surface area (Å²) in [4.78, 5) is 25.4. The monoisotopic (exact) mass is 470 g/mol. The third kappa shape index (κ3) is 7.30. The van der Waals surface area contributed by atoms with Crippen LogP contribution in [0.15, 0.2) is 60.7 Å². The van der Waals surface area contributed by atoms with Gasteiger partial charge < -0.3 is 18.9 Å². The molecule has 176 valence electrons. The molecule has 0 unspecified atom stereocenters. The molecule has 33 heavy (non-hydrogen) atoms. The molecular formula is C26H30O6S. The summed E-state index contributed by atoms with van der Waals surface area (Å²) in [7, 11) is 0. The van der Waals surface area contributed by atoms with E-state index in [1.54, 1.807) is 13.8 Å². The second kappa shape index (κ2) is 11.8. The number of rotatable bonds is 10. The van der Waals surface area contributed by atoms with E-state index in [4.69, 9.17) is 18.9 Å². The summed E-state index contributed by atoms with van der Waals surface area (Å²) in [6.45, 7) is 10.2. The summed E-state index contributed by atoms with van der Waals surface area (Å²) in [5.41, 5.74) is 1.84. The van der Waals surface area contributed by atoms with Gasteiger partial charge in [-0.05, 0) is 87.4 Å². The van der Waals surface area contributed by atoms with Gasteiger partial charge >= 0.3 is 11.9 Å². The molecule has 1 heterocycles. The van der Waals surface area contributed by atoms with E-state index in [0.717, 1.165) is 31.2 Å². The Hall–Kier alpha value is -2.90. The van der Waals surface area contributed by atoms with E-state index in [1.807, 2.05) is 35.6 Å². The minimum atomic E-state index is -0.468. The number of esters is 2. The van der Waals surface area contributed by atoms with Gasteiger partial charge in [0.15, 0.2) is 6.79 Å². The van der Waals surface area contributed by atoms with E-state index < -0.39 is 11.9 Å². The molecule has 6 nitrogen and oxygen atoms in total. The summed E-state index contributed by atoms with van der Waals surface area (Å²) < 4.78 is 21.1. The van der Waals surface area contributed by atoms with Crippen LogP contribution in [0.4, 0.5) is 0 Å². The Morgan fingerprint density at radius 1 is 0.879 bits per heavy atom. The molecule has 0 amide bonds. The summed E-state index contributed by atoms with van der Waals surface area (Å²) in [5, 5.41) is 0. The quantitative estimate of drug-likeness (QED) is 0.241. The predicted molar refractivity (Wildman–Crippen MR) is 128 cm³/mol. The first kappa shape index (κ1) is 24.7. The normalized spacial score (nSPS) is 17.8. The van der Waals surface area contributed by atoms with E-state index in [1.165, 1.54) is 9.75 Å². The van der Waals surface area contributed by atoms with Gasteiger partial charge in [0.25, 0.3) is 0 Å². The van der Waals surface area contributed by atoms with E-state index in [9.17, 15) is 9.59 Å². The molecule has 0 N–H and O–H groups in total. The minimum Gasteiger partial charge on any atom is -0.457 e.